The monoisotopic (exact) mass is 451 g/mol. The van der Waals surface area contributed by atoms with Gasteiger partial charge in [-0.15, -0.1) is 0 Å². The third kappa shape index (κ3) is 6.47. The summed E-state index contributed by atoms with van der Waals surface area (Å²) in [6, 6.07) is 7.03. The summed E-state index contributed by atoms with van der Waals surface area (Å²) >= 11 is 0. The lowest BCUT2D eigenvalue weighted by molar-refractivity contribution is 0.00578. The fourth-order valence-corrected chi connectivity index (χ4v) is 3.78. The lowest BCUT2D eigenvalue weighted by atomic mass is 9.79. The fraction of sp³-hybridized carbons (Fsp3) is 0.682. The molecule has 1 atom stereocenters. The highest BCUT2D eigenvalue weighted by Gasteiger charge is 2.51. The first-order chi connectivity index (χ1) is 14.0. The van der Waals surface area contributed by atoms with E-state index in [4.69, 9.17) is 18.5 Å². The topological polar surface area (TPSA) is 86.2 Å². The molecular formula is C22H38BNO6Si. The van der Waals surface area contributed by atoms with Gasteiger partial charge in [0.1, 0.15) is 12.4 Å². The molecule has 0 aromatic heterocycles. The molecule has 1 aliphatic heterocycles. The van der Waals surface area contributed by atoms with Gasteiger partial charge in [0, 0.05) is 0 Å². The minimum absolute atomic E-state index is 0.0466. The van der Waals surface area contributed by atoms with Gasteiger partial charge in [-0.3, -0.25) is 0 Å². The second-order valence-electron chi connectivity index (χ2n) is 10.7. The van der Waals surface area contributed by atoms with Crippen molar-refractivity contribution in [3.05, 3.63) is 24.3 Å². The van der Waals surface area contributed by atoms with Crippen molar-refractivity contribution in [2.75, 3.05) is 13.2 Å². The van der Waals surface area contributed by atoms with Crippen LogP contribution in [0.25, 0.3) is 0 Å². The van der Waals surface area contributed by atoms with Crippen molar-refractivity contribution in [2.45, 2.75) is 83.8 Å². The zero-order valence-electron chi connectivity index (χ0n) is 20.4. The molecule has 1 aromatic carbocycles. The van der Waals surface area contributed by atoms with Crippen LogP contribution in [0.4, 0.5) is 4.79 Å². The van der Waals surface area contributed by atoms with Crippen molar-refractivity contribution in [1.82, 2.24) is 5.32 Å². The van der Waals surface area contributed by atoms with E-state index in [0.29, 0.717) is 5.75 Å². The maximum atomic E-state index is 11.2. The Morgan fingerprint density at radius 3 is 2.06 bits per heavy atom. The highest BCUT2D eigenvalue weighted by Crippen LogP contribution is 2.37. The van der Waals surface area contributed by atoms with Crippen LogP contribution in [0.3, 0.4) is 0 Å². The molecule has 2 N–H and O–H groups in total. The number of ether oxygens (including phenoxy) is 1. The molecule has 1 aromatic rings. The van der Waals surface area contributed by atoms with Crippen molar-refractivity contribution in [3.8, 4) is 5.75 Å². The van der Waals surface area contributed by atoms with Gasteiger partial charge in [-0.1, -0.05) is 32.9 Å². The van der Waals surface area contributed by atoms with E-state index in [1.165, 1.54) is 0 Å². The molecule has 7 nitrogen and oxygen atoms in total. The third-order valence-corrected chi connectivity index (χ3v) is 11.1. The molecule has 0 aliphatic carbocycles. The smallest absolute Gasteiger partial charge is 0.491 e. The van der Waals surface area contributed by atoms with Gasteiger partial charge in [-0.25, -0.2) is 4.79 Å². The Hall–Kier alpha value is -1.55. The molecule has 1 amide bonds. The van der Waals surface area contributed by atoms with Gasteiger partial charge in [0.25, 0.3) is 0 Å². The molecule has 1 saturated heterocycles. The first-order valence-electron chi connectivity index (χ1n) is 10.8. The van der Waals surface area contributed by atoms with Crippen LogP contribution in [-0.2, 0) is 13.7 Å². The number of carboxylic acid groups (broad SMARTS) is 1. The number of amides is 1. The predicted octanol–water partition coefficient (Wildman–Crippen LogP) is 4.02. The number of hydrogen-bond acceptors (Lipinski definition) is 5. The Labute approximate surface area is 188 Å². The van der Waals surface area contributed by atoms with Gasteiger partial charge < -0.3 is 28.9 Å². The van der Waals surface area contributed by atoms with Gasteiger partial charge >= 0.3 is 13.2 Å². The van der Waals surface area contributed by atoms with Crippen LogP contribution in [-0.4, -0.2) is 57.1 Å². The van der Waals surface area contributed by atoms with Gasteiger partial charge in [-0.05, 0) is 63.4 Å². The zero-order valence-corrected chi connectivity index (χ0v) is 21.4. The van der Waals surface area contributed by atoms with Crippen molar-refractivity contribution >= 4 is 27.0 Å². The largest absolute Gasteiger partial charge is 0.494 e. The third-order valence-electron chi connectivity index (χ3n) is 6.64. The second kappa shape index (κ2) is 9.13. The molecule has 0 spiro atoms. The van der Waals surface area contributed by atoms with Crippen molar-refractivity contribution < 1.29 is 28.4 Å². The SMILES string of the molecule is CC1(C)OB(c2ccc(OC[C@H](CO[Si](C)(C)C(C)(C)C)NC(=O)O)cc2)OC1(C)C. The molecule has 0 saturated carbocycles. The number of rotatable bonds is 8. The molecule has 1 fully saturated rings. The van der Waals surface area contributed by atoms with Crippen LogP contribution in [0, 0.1) is 0 Å². The average Bonchev–Trinajstić information content (AvgIpc) is 2.84. The summed E-state index contributed by atoms with van der Waals surface area (Å²) in [5.41, 5.74) is 0.117. The molecular weight excluding hydrogens is 413 g/mol. The predicted molar refractivity (Wildman–Crippen MR) is 126 cm³/mol. The minimum atomic E-state index is -1.99. The second-order valence-corrected chi connectivity index (χ2v) is 15.5. The van der Waals surface area contributed by atoms with Gasteiger partial charge in [-0.2, -0.15) is 0 Å². The summed E-state index contributed by atoms with van der Waals surface area (Å²) in [6.07, 6.45) is -1.09. The summed E-state index contributed by atoms with van der Waals surface area (Å²) in [7, 11) is -2.42. The molecule has 0 bridgehead atoms. The molecule has 174 valence electrons. The molecule has 2 rings (SSSR count). The van der Waals surface area contributed by atoms with E-state index in [-0.39, 0.29) is 18.3 Å². The average molecular weight is 451 g/mol. The van der Waals surface area contributed by atoms with E-state index in [2.05, 4.69) is 39.2 Å². The Kier molecular flexibility index (Phi) is 7.57. The lowest BCUT2D eigenvalue weighted by Gasteiger charge is -2.37. The summed E-state index contributed by atoms with van der Waals surface area (Å²) in [4.78, 5) is 11.2. The highest BCUT2D eigenvalue weighted by atomic mass is 28.4. The van der Waals surface area contributed by atoms with Crippen molar-refractivity contribution in [2.24, 2.45) is 0 Å². The molecule has 0 unspecified atom stereocenters. The van der Waals surface area contributed by atoms with E-state index in [9.17, 15) is 9.90 Å². The van der Waals surface area contributed by atoms with E-state index in [1.54, 1.807) is 0 Å². The summed E-state index contributed by atoms with van der Waals surface area (Å²) in [6.45, 7) is 19.3. The van der Waals surface area contributed by atoms with Crippen LogP contribution in [0.2, 0.25) is 18.1 Å². The van der Waals surface area contributed by atoms with Crippen LogP contribution in [0.15, 0.2) is 24.3 Å². The van der Waals surface area contributed by atoms with Crippen LogP contribution >= 0.6 is 0 Å². The number of nitrogens with one attached hydrogen (secondary N) is 1. The quantitative estimate of drug-likeness (QED) is 0.581. The Bertz CT molecular complexity index is 744. The first-order valence-corrected chi connectivity index (χ1v) is 13.7. The summed E-state index contributed by atoms with van der Waals surface area (Å²) in [5, 5.41) is 11.7. The molecule has 1 heterocycles. The maximum absolute atomic E-state index is 11.2. The number of carbonyl (C=O) groups is 1. The first kappa shape index (κ1) is 25.7. The number of benzene rings is 1. The molecule has 1 aliphatic rings. The van der Waals surface area contributed by atoms with E-state index < -0.39 is 38.8 Å². The van der Waals surface area contributed by atoms with E-state index in [0.717, 1.165) is 5.46 Å². The van der Waals surface area contributed by atoms with Crippen molar-refractivity contribution in [1.29, 1.82) is 0 Å². The van der Waals surface area contributed by atoms with Crippen LogP contribution in [0.1, 0.15) is 48.5 Å². The van der Waals surface area contributed by atoms with Gasteiger partial charge in [0.15, 0.2) is 8.32 Å². The lowest BCUT2D eigenvalue weighted by Crippen LogP contribution is -2.48. The molecule has 31 heavy (non-hydrogen) atoms. The Morgan fingerprint density at radius 2 is 1.61 bits per heavy atom. The normalized spacial score (nSPS) is 19.2. The Morgan fingerprint density at radius 1 is 1.10 bits per heavy atom. The zero-order chi connectivity index (χ0) is 23.7. The molecule has 0 radical (unpaired) electrons. The fourth-order valence-electron chi connectivity index (χ4n) is 2.73. The Balaban J connectivity index is 1.97. The standard InChI is InChI=1S/C22H38BNO6Si/c1-20(2,3)31(8,9)28-15-17(24-19(25)26)14-27-18-12-10-16(11-13-18)23-29-21(4,5)22(6,7)30-23/h10-13,17,24H,14-15H2,1-9H3,(H,25,26)/t17-/m1/s1. The highest BCUT2D eigenvalue weighted by molar-refractivity contribution is 6.74. The summed E-state index contributed by atoms with van der Waals surface area (Å²) < 4.78 is 24.2. The van der Waals surface area contributed by atoms with Gasteiger partial charge in [0.2, 0.25) is 0 Å². The molecule has 9 heteroatoms. The number of hydrogen-bond donors (Lipinski definition) is 2. The van der Waals surface area contributed by atoms with Gasteiger partial charge in [0.05, 0.1) is 23.9 Å². The van der Waals surface area contributed by atoms with Crippen LogP contribution in [0.5, 0.6) is 5.75 Å². The van der Waals surface area contributed by atoms with Crippen LogP contribution < -0.4 is 15.5 Å². The minimum Gasteiger partial charge on any atom is -0.491 e. The van der Waals surface area contributed by atoms with E-state index in [1.807, 2.05) is 52.0 Å². The maximum Gasteiger partial charge on any atom is 0.494 e. The summed E-state index contributed by atoms with van der Waals surface area (Å²) in [5.74, 6) is 0.643. The van der Waals surface area contributed by atoms with Crippen molar-refractivity contribution in [3.63, 3.8) is 0 Å². The van der Waals surface area contributed by atoms with E-state index >= 15 is 0 Å².